The number of amides is 2. The standard InChI is InChI=1S/C26H35Cl2N3O4S/c1-19(2)18-29-26(33)20(3)30(16-14-21-9-6-5-7-10-21)25(32)11-8-15-31(36(4,34)35)24-17-22(27)12-13-23(24)28/h5-7,9-10,12-13,17,19-20H,8,11,14-16,18H2,1-4H3,(H,29,33)/t20-/m1/s1. The molecule has 1 N–H and O–H groups in total. The number of rotatable bonds is 13. The summed E-state index contributed by atoms with van der Waals surface area (Å²) >= 11 is 12.3. The lowest BCUT2D eigenvalue weighted by Crippen LogP contribution is -2.49. The molecule has 0 bridgehead atoms. The number of carbonyl (C=O) groups is 2. The van der Waals surface area contributed by atoms with Crippen LogP contribution in [-0.2, 0) is 26.0 Å². The number of nitrogens with one attached hydrogen (secondary N) is 1. The van der Waals surface area contributed by atoms with Crippen molar-refractivity contribution in [2.45, 2.75) is 46.1 Å². The molecular weight excluding hydrogens is 521 g/mol. The molecule has 0 heterocycles. The van der Waals surface area contributed by atoms with E-state index in [1.54, 1.807) is 17.9 Å². The number of halogens is 2. The van der Waals surface area contributed by atoms with E-state index >= 15 is 0 Å². The van der Waals surface area contributed by atoms with E-state index in [0.29, 0.717) is 24.5 Å². The lowest BCUT2D eigenvalue weighted by molar-refractivity contribution is -0.140. The normalized spacial score (nSPS) is 12.3. The van der Waals surface area contributed by atoms with E-state index in [1.165, 1.54) is 12.1 Å². The molecule has 0 aliphatic rings. The highest BCUT2D eigenvalue weighted by Gasteiger charge is 2.26. The van der Waals surface area contributed by atoms with Crippen LogP contribution in [0, 0.1) is 5.92 Å². The molecule has 10 heteroatoms. The highest BCUT2D eigenvalue weighted by Crippen LogP contribution is 2.31. The van der Waals surface area contributed by atoms with E-state index in [0.717, 1.165) is 16.1 Å². The summed E-state index contributed by atoms with van der Waals surface area (Å²) in [4.78, 5) is 27.6. The molecule has 0 saturated heterocycles. The Balaban J connectivity index is 2.13. The highest BCUT2D eigenvalue weighted by atomic mass is 35.5. The van der Waals surface area contributed by atoms with Gasteiger partial charge in [0.05, 0.1) is 17.0 Å². The minimum atomic E-state index is -3.67. The van der Waals surface area contributed by atoms with Crippen molar-refractivity contribution in [3.63, 3.8) is 0 Å². The van der Waals surface area contributed by atoms with E-state index in [2.05, 4.69) is 5.32 Å². The summed E-state index contributed by atoms with van der Waals surface area (Å²) in [6.07, 6.45) is 2.00. The summed E-state index contributed by atoms with van der Waals surface area (Å²) in [5.74, 6) is -0.146. The molecule has 0 aliphatic heterocycles. The Labute approximate surface area is 224 Å². The summed E-state index contributed by atoms with van der Waals surface area (Å²) < 4.78 is 26.1. The van der Waals surface area contributed by atoms with E-state index in [-0.39, 0.29) is 47.8 Å². The van der Waals surface area contributed by atoms with Gasteiger partial charge in [-0.1, -0.05) is 67.4 Å². The Hall–Kier alpha value is -2.29. The van der Waals surface area contributed by atoms with Crippen LogP contribution < -0.4 is 9.62 Å². The van der Waals surface area contributed by atoms with Gasteiger partial charge in [0.15, 0.2) is 0 Å². The van der Waals surface area contributed by atoms with Crippen molar-refractivity contribution in [1.82, 2.24) is 10.2 Å². The number of nitrogens with zero attached hydrogens (tertiary/aromatic N) is 2. The Morgan fingerprint density at radius 2 is 1.67 bits per heavy atom. The van der Waals surface area contributed by atoms with Crippen molar-refractivity contribution in [2.24, 2.45) is 5.92 Å². The Morgan fingerprint density at radius 3 is 2.28 bits per heavy atom. The molecule has 36 heavy (non-hydrogen) atoms. The zero-order valence-electron chi connectivity index (χ0n) is 21.2. The third-order valence-electron chi connectivity index (χ3n) is 5.67. The predicted molar refractivity (Wildman–Crippen MR) is 147 cm³/mol. The third kappa shape index (κ3) is 9.30. The molecule has 0 radical (unpaired) electrons. The molecule has 2 amide bonds. The number of hydrogen-bond donors (Lipinski definition) is 1. The van der Waals surface area contributed by atoms with Gasteiger partial charge in [-0.15, -0.1) is 0 Å². The maximum Gasteiger partial charge on any atom is 0.242 e. The first kappa shape index (κ1) is 29.9. The molecule has 7 nitrogen and oxygen atoms in total. The molecular formula is C26H35Cl2N3O4S. The number of benzene rings is 2. The summed E-state index contributed by atoms with van der Waals surface area (Å²) in [7, 11) is -3.67. The van der Waals surface area contributed by atoms with Crippen LogP contribution in [-0.4, -0.2) is 57.1 Å². The molecule has 1 atom stereocenters. The fourth-order valence-electron chi connectivity index (χ4n) is 3.68. The number of anilines is 1. The van der Waals surface area contributed by atoms with Gasteiger partial charge < -0.3 is 10.2 Å². The molecule has 0 aliphatic carbocycles. The molecule has 2 aromatic rings. The van der Waals surface area contributed by atoms with Crippen LogP contribution in [0.3, 0.4) is 0 Å². The minimum Gasteiger partial charge on any atom is -0.354 e. The van der Waals surface area contributed by atoms with Crippen LogP contribution >= 0.6 is 23.2 Å². The first-order valence-corrected chi connectivity index (χ1v) is 14.5. The largest absolute Gasteiger partial charge is 0.354 e. The number of sulfonamides is 1. The summed E-state index contributed by atoms with van der Waals surface area (Å²) in [6, 6.07) is 13.7. The van der Waals surface area contributed by atoms with Crippen molar-refractivity contribution in [2.75, 3.05) is 30.2 Å². The van der Waals surface area contributed by atoms with Crippen molar-refractivity contribution < 1.29 is 18.0 Å². The van der Waals surface area contributed by atoms with Crippen LogP contribution in [0.1, 0.15) is 39.2 Å². The van der Waals surface area contributed by atoms with Gasteiger partial charge in [0.2, 0.25) is 21.8 Å². The Kier molecular flexibility index (Phi) is 11.5. The van der Waals surface area contributed by atoms with Gasteiger partial charge in [-0.3, -0.25) is 13.9 Å². The van der Waals surface area contributed by atoms with Crippen LogP contribution in [0.5, 0.6) is 0 Å². The van der Waals surface area contributed by atoms with Crippen molar-refractivity contribution >= 4 is 50.7 Å². The predicted octanol–water partition coefficient (Wildman–Crippen LogP) is 4.77. The van der Waals surface area contributed by atoms with E-state index < -0.39 is 16.1 Å². The Bertz CT molecular complexity index is 1130. The average molecular weight is 557 g/mol. The maximum atomic E-state index is 13.3. The topological polar surface area (TPSA) is 86.8 Å². The molecule has 0 unspecified atom stereocenters. The van der Waals surface area contributed by atoms with Crippen LogP contribution in [0.2, 0.25) is 10.0 Å². The van der Waals surface area contributed by atoms with Gasteiger partial charge in [0.25, 0.3) is 0 Å². The van der Waals surface area contributed by atoms with Gasteiger partial charge >= 0.3 is 0 Å². The smallest absolute Gasteiger partial charge is 0.242 e. The van der Waals surface area contributed by atoms with Gasteiger partial charge in [0, 0.05) is 31.1 Å². The molecule has 2 aromatic carbocycles. The average Bonchev–Trinajstić information content (AvgIpc) is 2.81. The molecule has 0 fully saturated rings. The second kappa shape index (κ2) is 13.9. The van der Waals surface area contributed by atoms with Crippen LogP contribution in [0.4, 0.5) is 5.69 Å². The van der Waals surface area contributed by atoms with Gasteiger partial charge in [-0.25, -0.2) is 8.42 Å². The molecule has 2 rings (SSSR count). The van der Waals surface area contributed by atoms with E-state index in [1.807, 2.05) is 44.2 Å². The second-order valence-corrected chi connectivity index (χ2v) is 11.9. The first-order valence-electron chi connectivity index (χ1n) is 11.9. The zero-order chi connectivity index (χ0) is 26.9. The van der Waals surface area contributed by atoms with Gasteiger partial charge in [-0.05, 0) is 49.4 Å². The lowest BCUT2D eigenvalue weighted by Gasteiger charge is -2.29. The van der Waals surface area contributed by atoms with Crippen molar-refractivity contribution in [3.8, 4) is 0 Å². The molecule has 0 saturated carbocycles. The SMILES string of the molecule is CC(C)CNC(=O)[C@@H](C)N(CCc1ccccc1)C(=O)CCCN(c1cc(Cl)ccc1Cl)S(C)(=O)=O. The molecule has 0 spiro atoms. The molecule has 0 aromatic heterocycles. The zero-order valence-corrected chi connectivity index (χ0v) is 23.5. The first-order chi connectivity index (χ1) is 16.9. The van der Waals surface area contributed by atoms with Gasteiger partial charge in [-0.2, -0.15) is 0 Å². The fourth-order valence-corrected chi connectivity index (χ4v) is 5.09. The number of carbonyl (C=O) groups excluding carboxylic acids is 2. The summed E-state index contributed by atoms with van der Waals surface area (Å²) in [6.45, 7) is 6.66. The summed E-state index contributed by atoms with van der Waals surface area (Å²) in [5, 5.41) is 3.50. The number of hydrogen-bond acceptors (Lipinski definition) is 4. The third-order valence-corrected chi connectivity index (χ3v) is 7.40. The van der Waals surface area contributed by atoms with Gasteiger partial charge in [0.1, 0.15) is 6.04 Å². The maximum absolute atomic E-state index is 13.3. The Morgan fingerprint density at radius 1 is 1.00 bits per heavy atom. The fraction of sp³-hybridized carbons (Fsp3) is 0.462. The van der Waals surface area contributed by atoms with Crippen molar-refractivity contribution in [3.05, 3.63) is 64.1 Å². The van der Waals surface area contributed by atoms with Crippen LogP contribution in [0.25, 0.3) is 0 Å². The quantitative estimate of drug-likeness (QED) is 0.385. The van der Waals surface area contributed by atoms with Crippen molar-refractivity contribution in [1.29, 1.82) is 0 Å². The monoisotopic (exact) mass is 555 g/mol. The summed E-state index contributed by atoms with van der Waals surface area (Å²) in [5.41, 5.74) is 1.32. The van der Waals surface area contributed by atoms with E-state index in [4.69, 9.17) is 23.2 Å². The molecule has 198 valence electrons. The van der Waals surface area contributed by atoms with E-state index in [9.17, 15) is 18.0 Å². The highest BCUT2D eigenvalue weighted by molar-refractivity contribution is 7.92. The minimum absolute atomic E-state index is 0.0467. The lowest BCUT2D eigenvalue weighted by atomic mass is 10.1. The van der Waals surface area contributed by atoms with Crippen LogP contribution in [0.15, 0.2) is 48.5 Å². The second-order valence-electron chi connectivity index (χ2n) is 9.17.